The lowest BCUT2D eigenvalue weighted by Crippen LogP contribution is -2.09. The molecule has 134 valence electrons. The van der Waals surface area contributed by atoms with Gasteiger partial charge in [0.1, 0.15) is 16.6 Å². The zero-order chi connectivity index (χ0) is 18.8. The average Bonchev–Trinajstić information content (AvgIpc) is 3.17. The maximum atomic E-state index is 12.3. The van der Waals surface area contributed by atoms with E-state index in [1.807, 2.05) is 24.3 Å². The van der Waals surface area contributed by atoms with Crippen molar-refractivity contribution in [3.05, 3.63) is 65.4 Å². The third kappa shape index (κ3) is 3.56. The molecule has 2 aromatic carbocycles. The number of anilines is 1. The number of carbonyl (C=O) groups is 1. The third-order valence-electron chi connectivity index (χ3n) is 3.84. The van der Waals surface area contributed by atoms with Crippen LogP contribution >= 0.6 is 11.3 Å². The van der Waals surface area contributed by atoms with Crippen LogP contribution in [0.5, 0.6) is 5.75 Å². The molecule has 0 amide bonds. The topological polar surface area (TPSA) is 111 Å². The number of nitrogens with two attached hydrogens (primary N) is 1. The summed E-state index contributed by atoms with van der Waals surface area (Å²) in [5.74, 6) is 0.277. The molecule has 3 N–H and O–H groups in total. The molecule has 0 aliphatic rings. The monoisotopic (exact) mass is 378 g/mol. The second kappa shape index (κ2) is 7.00. The zero-order valence-corrected chi connectivity index (χ0v) is 14.8. The number of nitrogen functional groups attached to an aromatic ring is 1. The van der Waals surface area contributed by atoms with Gasteiger partial charge in [0.25, 0.3) is 0 Å². The van der Waals surface area contributed by atoms with Crippen molar-refractivity contribution >= 4 is 34.0 Å². The Hall–Kier alpha value is -3.52. The van der Waals surface area contributed by atoms with E-state index in [4.69, 9.17) is 10.5 Å². The fraction of sp³-hybridized carbons (Fsp3) is 0.0526. The van der Waals surface area contributed by atoms with Gasteiger partial charge < -0.3 is 15.6 Å². The number of fused-ring (bicyclic) bond motifs is 1. The molecule has 27 heavy (non-hydrogen) atoms. The second-order valence-electron chi connectivity index (χ2n) is 5.70. The van der Waals surface area contributed by atoms with Crippen molar-refractivity contribution in [1.29, 1.82) is 0 Å². The molecule has 0 fully saturated rings. The lowest BCUT2D eigenvalue weighted by molar-refractivity contribution is 0.0457. The molecule has 0 atom stereocenters. The average molecular weight is 378 g/mol. The van der Waals surface area contributed by atoms with Gasteiger partial charge in [-0.3, -0.25) is 0 Å². The van der Waals surface area contributed by atoms with E-state index in [1.54, 1.807) is 29.6 Å². The van der Waals surface area contributed by atoms with Crippen LogP contribution in [0, 0.1) is 0 Å². The van der Waals surface area contributed by atoms with Gasteiger partial charge in [-0.2, -0.15) is 0 Å². The molecule has 8 heteroatoms. The summed E-state index contributed by atoms with van der Waals surface area (Å²) in [5, 5.41) is 12.4. The van der Waals surface area contributed by atoms with Crippen molar-refractivity contribution in [3.8, 4) is 16.3 Å². The Labute approximate surface area is 158 Å². The molecule has 2 heterocycles. The van der Waals surface area contributed by atoms with Gasteiger partial charge in [-0.25, -0.2) is 19.7 Å². The van der Waals surface area contributed by atoms with E-state index in [2.05, 4.69) is 15.0 Å². The van der Waals surface area contributed by atoms with Crippen LogP contribution in [0.4, 0.5) is 5.82 Å². The molecule has 2 aromatic heterocycles. The van der Waals surface area contributed by atoms with Gasteiger partial charge in [0.2, 0.25) is 0 Å². The van der Waals surface area contributed by atoms with Crippen molar-refractivity contribution < 1.29 is 14.6 Å². The zero-order valence-electron chi connectivity index (χ0n) is 14.0. The first-order valence-electron chi connectivity index (χ1n) is 8.03. The van der Waals surface area contributed by atoms with E-state index in [0.717, 1.165) is 10.9 Å². The first kappa shape index (κ1) is 16.9. The summed E-state index contributed by atoms with van der Waals surface area (Å²) >= 11 is 1.32. The fourth-order valence-corrected chi connectivity index (χ4v) is 3.32. The molecule has 0 aliphatic carbocycles. The summed E-state index contributed by atoms with van der Waals surface area (Å²) in [7, 11) is 0. The molecule has 0 spiro atoms. The molecular formula is C19H14N4O3S. The van der Waals surface area contributed by atoms with Crippen molar-refractivity contribution in [2.45, 2.75) is 6.61 Å². The largest absolute Gasteiger partial charge is 0.508 e. The van der Waals surface area contributed by atoms with Gasteiger partial charge in [-0.05, 0) is 36.4 Å². The van der Waals surface area contributed by atoms with E-state index in [0.29, 0.717) is 22.2 Å². The molecule has 7 nitrogen and oxygen atoms in total. The van der Waals surface area contributed by atoms with Gasteiger partial charge in [0.15, 0.2) is 18.1 Å². The van der Waals surface area contributed by atoms with Crippen molar-refractivity contribution in [1.82, 2.24) is 15.0 Å². The molecule has 4 rings (SSSR count). The highest BCUT2D eigenvalue weighted by molar-refractivity contribution is 7.13. The van der Waals surface area contributed by atoms with Crippen LogP contribution in [0.3, 0.4) is 0 Å². The number of hydrogen-bond donors (Lipinski definition) is 2. The fourth-order valence-electron chi connectivity index (χ4n) is 2.52. The highest BCUT2D eigenvalue weighted by atomic mass is 32.1. The van der Waals surface area contributed by atoms with Gasteiger partial charge in [-0.1, -0.05) is 12.1 Å². The highest BCUT2D eigenvalue weighted by Gasteiger charge is 2.15. The number of rotatable bonds is 4. The first-order valence-corrected chi connectivity index (χ1v) is 8.91. The molecule has 4 aromatic rings. The number of hydrogen-bond acceptors (Lipinski definition) is 8. The lowest BCUT2D eigenvalue weighted by atomic mass is 10.2. The Bertz CT molecular complexity index is 1130. The second-order valence-corrected chi connectivity index (χ2v) is 6.56. The van der Waals surface area contributed by atoms with E-state index >= 15 is 0 Å². The number of para-hydroxylation sites is 1. The molecule has 0 unspecified atom stereocenters. The van der Waals surface area contributed by atoms with Crippen LogP contribution in [0.1, 0.15) is 16.3 Å². The molecule has 0 saturated carbocycles. The van der Waals surface area contributed by atoms with Crippen LogP contribution < -0.4 is 5.73 Å². The summed E-state index contributed by atoms with van der Waals surface area (Å²) < 4.78 is 5.27. The minimum atomic E-state index is -0.563. The minimum absolute atomic E-state index is 0.0973. The summed E-state index contributed by atoms with van der Waals surface area (Å²) in [5.41, 5.74) is 7.64. The summed E-state index contributed by atoms with van der Waals surface area (Å²) in [4.78, 5) is 25.1. The summed E-state index contributed by atoms with van der Waals surface area (Å²) in [6, 6.07) is 14.0. The Morgan fingerprint density at radius 3 is 2.67 bits per heavy atom. The molecular weight excluding hydrogens is 364 g/mol. The van der Waals surface area contributed by atoms with Crippen molar-refractivity contribution in [2.75, 3.05) is 5.73 Å². The normalized spacial score (nSPS) is 10.8. The predicted octanol–water partition coefficient (Wildman–Crippen LogP) is 3.40. The number of aromatic nitrogens is 3. The number of ether oxygens (including phenoxy) is 1. The number of aromatic hydroxyl groups is 1. The van der Waals surface area contributed by atoms with Crippen molar-refractivity contribution in [2.24, 2.45) is 0 Å². The molecule has 0 saturated heterocycles. The summed E-state index contributed by atoms with van der Waals surface area (Å²) in [6.07, 6.45) is 0. The number of phenolic OH excluding ortho intramolecular Hbond substituents is 1. The van der Waals surface area contributed by atoms with Gasteiger partial charge >= 0.3 is 5.97 Å². The Morgan fingerprint density at radius 2 is 1.85 bits per heavy atom. The van der Waals surface area contributed by atoms with Gasteiger partial charge in [0, 0.05) is 16.3 Å². The predicted molar refractivity (Wildman–Crippen MR) is 102 cm³/mol. The number of carbonyl (C=O) groups excluding carboxylic acids is 1. The maximum absolute atomic E-state index is 12.3. The standard InChI is InChI=1S/C19H14N4O3S/c20-17-13-3-1-2-4-14(13)21-16(23-17)9-26-19(25)15-10-27-18(22-15)11-5-7-12(24)8-6-11/h1-8,10,24H,9H2,(H2,20,21,23). The Morgan fingerprint density at radius 1 is 1.07 bits per heavy atom. The van der Waals surface area contributed by atoms with Crippen LogP contribution in [-0.4, -0.2) is 26.0 Å². The number of phenols is 1. The van der Waals surface area contributed by atoms with Crippen molar-refractivity contribution in [3.63, 3.8) is 0 Å². The number of nitrogens with zero attached hydrogens (tertiary/aromatic N) is 3. The Balaban J connectivity index is 1.48. The summed E-state index contributed by atoms with van der Waals surface area (Å²) in [6.45, 7) is -0.0973. The van der Waals surface area contributed by atoms with Gasteiger partial charge in [-0.15, -0.1) is 11.3 Å². The van der Waals surface area contributed by atoms with E-state index in [-0.39, 0.29) is 18.1 Å². The van der Waals surface area contributed by atoms with E-state index < -0.39 is 5.97 Å². The quantitative estimate of drug-likeness (QED) is 0.524. The number of benzene rings is 2. The first-order chi connectivity index (χ1) is 13.1. The van der Waals surface area contributed by atoms with E-state index in [9.17, 15) is 9.90 Å². The number of thiazole rings is 1. The molecule has 0 radical (unpaired) electrons. The van der Waals surface area contributed by atoms with Crippen LogP contribution in [0.15, 0.2) is 53.9 Å². The molecule has 0 bridgehead atoms. The van der Waals surface area contributed by atoms with Gasteiger partial charge in [0.05, 0.1) is 5.52 Å². The van der Waals surface area contributed by atoms with E-state index in [1.165, 1.54) is 11.3 Å². The molecule has 0 aliphatic heterocycles. The highest BCUT2D eigenvalue weighted by Crippen LogP contribution is 2.25. The van der Waals surface area contributed by atoms with Crippen LogP contribution in [0.25, 0.3) is 21.5 Å². The minimum Gasteiger partial charge on any atom is -0.508 e. The lowest BCUT2D eigenvalue weighted by Gasteiger charge is -2.05. The SMILES string of the molecule is Nc1nc(COC(=O)c2csc(-c3ccc(O)cc3)n2)nc2ccccc12. The Kier molecular flexibility index (Phi) is 4.39. The third-order valence-corrected chi connectivity index (χ3v) is 4.73. The maximum Gasteiger partial charge on any atom is 0.358 e. The smallest absolute Gasteiger partial charge is 0.358 e. The number of esters is 1. The van der Waals surface area contributed by atoms with Crippen LogP contribution in [0.2, 0.25) is 0 Å². The van der Waals surface area contributed by atoms with Crippen LogP contribution in [-0.2, 0) is 11.3 Å².